The predicted octanol–water partition coefficient (Wildman–Crippen LogP) is 4.22. The van der Waals surface area contributed by atoms with Crippen molar-refractivity contribution in [3.8, 4) is 0 Å². The molecule has 1 aliphatic rings. The van der Waals surface area contributed by atoms with Gasteiger partial charge in [-0.1, -0.05) is 55.3 Å². The molecule has 164 valence electrons. The Hall–Kier alpha value is -1.76. The van der Waals surface area contributed by atoms with Gasteiger partial charge in [-0.25, -0.2) is 0 Å². The Morgan fingerprint density at radius 1 is 1.23 bits per heavy atom. The third kappa shape index (κ3) is 6.89. The Balaban J connectivity index is 2.08. The van der Waals surface area contributed by atoms with Crippen LogP contribution in [0.15, 0.2) is 49.6 Å². The summed E-state index contributed by atoms with van der Waals surface area (Å²) in [7, 11) is 0. The van der Waals surface area contributed by atoms with Crippen molar-refractivity contribution in [1.29, 1.82) is 0 Å². The summed E-state index contributed by atoms with van der Waals surface area (Å²) in [5.41, 5.74) is 0.967. The first kappa shape index (κ1) is 24.5. The van der Waals surface area contributed by atoms with E-state index in [-0.39, 0.29) is 30.3 Å². The molecule has 0 saturated carbocycles. The second kappa shape index (κ2) is 12.8. The van der Waals surface area contributed by atoms with Crippen molar-refractivity contribution in [3.63, 3.8) is 0 Å². The fraction of sp³-hybridized carbons (Fsp3) is 0.478. The van der Waals surface area contributed by atoms with E-state index in [1.165, 1.54) is 0 Å². The summed E-state index contributed by atoms with van der Waals surface area (Å²) in [6, 6.07) is 7.68. The lowest BCUT2D eigenvalue weighted by Gasteiger charge is -2.29. The highest BCUT2D eigenvalue weighted by Gasteiger charge is 2.32. The van der Waals surface area contributed by atoms with Crippen LogP contribution in [0, 0.1) is 0 Å². The quantitative estimate of drug-likeness (QED) is 0.448. The molecule has 1 aromatic carbocycles. The molecule has 1 atom stereocenters. The molecule has 1 aromatic rings. The van der Waals surface area contributed by atoms with Crippen LogP contribution in [0.5, 0.6) is 0 Å². The number of hydrogen-bond donors (Lipinski definition) is 0. The number of carbonyl (C=O) groups is 2. The summed E-state index contributed by atoms with van der Waals surface area (Å²) in [4.78, 5) is 31.5. The first-order chi connectivity index (χ1) is 14.5. The van der Waals surface area contributed by atoms with Crippen LogP contribution in [-0.2, 0) is 9.59 Å². The van der Waals surface area contributed by atoms with Crippen LogP contribution >= 0.6 is 23.4 Å². The van der Waals surface area contributed by atoms with Crippen molar-refractivity contribution >= 4 is 35.2 Å². The fourth-order valence-electron chi connectivity index (χ4n) is 3.42. The molecule has 2 rings (SSSR count). The zero-order valence-electron chi connectivity index (χ0n) is 17.8. The molecule has 1 saturated heterocycles. The number of nitrogens with zero attached hydrogens (tertiary/aromatic N) is 3. The maximum Gasteiger partial charge on any atom is 0.237 e. The largest absolute Gasteiger partial charge is 0.334 e. The van der Waals surface area contributed by atoms with Gasteiger partial charge in [0.2, 0.25) is 11.8 Å². The number of hydrogen-bond acceptors (Lipinski definition) is 4. The minimum absolute atomic E-state index is 0.0165. The molecule has 7 heteroatoms. The number of carbonyl (C=O) groups excluding carboxylic acids is 2. The molecule has 1 heterocycles. The van der Waals surface area contributed by atoms with Crippen molar-refractivity contribution < 1.29 is 9.59 Å². The monoisotopic (exact) mass is 449 g/mol. The minimum Gasteiger partial charge on any atom is -0.334 e. The van der Waals surface area contributed by atoms with Crippen molar-refractivity contribution in [2.45, 2.75) is 25.1 Å². The van der Waals surface area contributed by atoms with E-state index >= 15 is 0 Å². The fourth-order valence-corrected chi connectivity index (χ4v) is 5.03. The SMILES string of the molecule is C=CCN(CC=C)C(=O)CN(CCCC)CC(=O)N1CCS[C@@H]1c1ccccc1Cl. The van der Waals surface area contributed by atoms with Gasteiger partial charge in [-0.05, 0) is 19.0 Å². The third-order valence-corrected chi connectivity index (χ3v) is 6.57. The molecule has 0 spiro atoms. The van der Waals surface area contributed by atoms with Gasteiger partial charge in [0.15, 0.2) is 0 Å². The van der Waals surface area contributed by atoms with Gasteiger partial charge < -0.3 is 9.80 Å². The molecule has 2 amide bonds. The lowest BCUT2D eigenvalue weighted by molar-refractivity contribution is -0.135. The van der Waals surface area contributed by atoms with E-state index in [2.05, 4.69) is 20.1 Å². The van der Waals surface area contributed by atoms with Crippen LogP contribution in [0.2, 0.25) is 5.02 Å². The lowest BCUT2D eigenvalue weighted by Crippen LogP contribution is -2.45. The maximum atomic E-state index is 13.2. The van der Waals surface area contributed by atoms with Gasteiger partial charge in [0, 0.05) is 36.0 Å². The summed E-state index contributed by atoms with van der Waals surface area (Å²) in [6.45, 7) is 12.3. The van der Waals surface area contributed by atoms with Crippen molar-refractivity contribution in [3.05, 3.63) is 60.2 Å². The van der Waals surface area contributed by atoms with E-state index in [1.54, 1.807) is 28.8 Å². The molecule has 30 heavy (non-hydrogen) atoms. The molecule has 0 unspecified atom stereocenters. The molecule has 0 bridgehead atoms. The minimum atomic E-state index is -0.0760. The highest BCUT2D eigenvalue weighted by Crippen LogP contribution is 2.40. The summed E-state index contributed by atoms with van der Waals surface area (Å²) >= 11 is 8.11. The maximum absolute atomic E-state index is 13.2. The topological polar surface area (TPSA) is 43.9 Å². The molecule has 0 radical (unpaired) electrons. The van der Waals surface area contributed by atoms with Crippen molar-refractivity contribution in [1.82, 2.24) is 14.7 Å². The molecule has 1 aliphatic heterocycles. The highest BCUT2D eigenvalue weighted by atomic mass is 35.5. The average Bonchev–Trinajstić information content (AvgIpc) is 3.22. The summed E-state index contributed by atoms with van der Waals surface area (Å²) < 4.78 is 0. The van der Waals surface area contributed by atoms with Gasteiger partial charge in [-0.15, -0.1) is 24.9 Å². The number of rotatable bonds is 12. The first-order valence-corrected chi connectivity index (χ1v) is 11.8. The number of unbranched alkanes of at least 4 members (excludes halogenated alkanes) is 1. The Morgan fingerprint density at radius 3 is 2.57 bits per heavy atom. The number of benzene rings is 1. The van der Waals surface area contributed by atoms with E-state index in [9.17, 15) is 9.59 Å². The van der Waals surface area contributed by atoms with Gasteiger partial charge in [0.1, 0.15) is 5.37 Å². The van der Waals surface area contributed by atoms with E-state index < -0.39 is 0 Å². The van der Waals surface area contributed by atoms with Crippen LogP contribution < -0.4 is 0 Å². The average molecular weight is 450 g/mol. The Bertz CT molecular complexity index is 733. The van der Waals surface area contributed by atoms with Gasteiger partial charge in [0.05, 0.1) is 13.1 Å². The van der Waals surface area contributed by atoms with Crippen LogP contribution in [0.3, 0.4) is 0 Å². The Labute approximate surface area is 189 Å². The molecular formula is C23H32ClN3O2S. The van der Waals surface area contributed by atoms with Crippen LogP contribution in [0.25, 0.3) is 0 Å². The van der Waals surface area contributed by atoms with Crippen LogP contribution in [0.1, 0.15) is 30.7 Å². The van der Waals surface area contributed by atoms with Gasteiger partial charge in [-0.3, -0.25) is 14.5 Å². The molecular weight excluding hydrogens is 418 g/mol. The first-order valence-electron chi connectivity index (χ1n) is 10.4. The van der Waals surface area contributed by atoms with Crippen LogP contribution in [0.4, 0.5) is 0 Å². The second-order valence-electron chi connectivity index (χ2n) is 7.27. The van der Waals surface area contributed by atoms with Gasteiger partial charge in [0.25, 0.3) is 0 Å². The third-order valence-electron chi connectivity index (χ3n) is 4.98. The smallest absolute Gasteiger partial charge is 0.237 e. The van der Waals surface area contributed by atoms with Crippen LogP contribution in [-0.4, -0.2) is 71.5 Å². The summed E-state index contributed by atoms with van der Waals surface area (Å²) in [6.07, 6.45) is 5.35. The highest BCUT2D eigenvalue weighted by molar-refractivity contribution is 7.99. The standard InChI is InChI=1S/C23H32ClN3O2S/c1-4-7-14-25(17-21(28)26(12-5-2)13-6-3)18-22(29)27-15-16-30-23(27)19-10-8-9-11-20(19)24/h5-6,8-11,23H,2-4,7,12-18H2,1H3/t23-/m1/s1. The van der Waals surface area contributed by atoms with Gasteiger partial charge in [-0.2, -0.15) is 0 Å². The van der Waals surface area contributed by atoms with Crippen molar-refractivity contribution in [2.24, 2.45) is 0 Å². The second-order valence-corrected chi connectivity index (χ2v) is 8.87. The Kier molecular flexibility index (Phi) is 10.5. The molecule has 0 aliphatic carbocycles. The lowest BCUT2D eigenvalue weighted by atomic mass is 10.2. The molecule has 0 N–H and O–H groups in total. The van der Waals surface area contributed by atoms with Gasteiger partial charge >= 0.3 is 0 Å². The molecule has 0 aromatic heterocycles. The van der Waals surface area contributed by atoms with E-state index in [0.29, 0.717) is 31.2 Å². The number of amides is 2. The Morgan fingerprint density at radius 2 is 1.93 bits per heavy atom. The van der Waals surface area contributed by atoms with Crippen molar-refractivity contribution in [2.75, 3.05) is 45.0 Å². The number of thioether (sulfide) groups is 1. The van der Waals surface area contributed by atoms with E-state index in [1.807, 2.05) is 34.1 Å². The van der Waals surface area contributed by atoms with E-state index in [4.69, 9.17) is 11.6 Å². The predicted molar refractivity (Wildman–Crippen MR) is 127 cm³/mol. The molecule has 1 fully saturated rings. The summed E-state index contributed by atoms with van der Waals surface area (Å²) in [5.74, 6) is 0.895. The normalized spacial score (nSPS) is 16.0. The zero-order chi connectivity index (χ0) is 21.9. The summed E-state index contributed by atoms with van der Waals surface area (Å²) in [5, 5.41) is 0.602. The van der Waals surface area contributed by atoms with E-state index in [0.717, 1.165) is 24.2 Å². The molecule has 5 nitrogen and oxygen atoms in total. The number of halogens is 1. The zero-order valence-corrected chi connectivity index (χ0v) is 19.3.